The first-order chi connectivity index (χ1) is 14.6. The summed E-state index contributed by atoms with van der Waals surface area (Å²) in [5, 5.41) is 8.98. The molecule has 1 aromatic heterocycles. The van der Waals surface area contributed by atoms with Crippen LogP contribution in [0.1, 0.15) is 42.6 Å². The van der Waals surface area contributed by atoms with E-state index < -0.39 is 12.1 Å². The highest BCUT2D eigenvalue weighted by Crippen LogP contribution is 2.43. The summed E-state index contributed by atoms with van der Waals surface area (Å²) in [6.07, 6.45) is 1.05. The number of ether oxygens (including phenoxy) is 1. The van der Waals surface area contributed by atoms with Crippen molar-refractivity contribution in [1.29, 1.82) is 0 Å². The number of alkyl halides is 3. The van der Waals surface area contributed by atoms with Gasteiger partial charge >= 0.3 is 12.1 Å². The molecule has 174 valence electrons. The number of hydrogen-bond acceptors (Lipinski definition) is 6. The molecule has 7 nitrogen and oxygen atoms in total. The zero-order valence-corrected chi connectivity index (χ0v) is 18.3. The van der Waals surface area contributed by atoms with E-state index in [1.54, 1.807) is 5.51 Å². The number of likely N-dealkylation sites (N-methyl/N-ethyl adjacent to an activating group) is 1. The molecule has 2 aliphatic heterocycles. The van der Waals surface area contributed by atoms with Crippen molar-refractivity contribution in [2.45, 2.75) is 44.3 Å². The molecule has 1 saturated carbocycles. The third-order valence-electron chi connectivity index (χ3n) is 6.24. The van der Waals surface area contributed by atoms with E-state index in [9.17, 15) is 18.0 Å². The third kappa shape index (κ3) is 6.63. The lowest BCUT2D eigenvalue weighted by molar-refractivity contribution is -0.192. The third-order valence-corrected chi connectivity index (χ3v) is 6.83. The molecule has 3 aliphatic rings. The molecule has 1 unspecified atom stereocenters. The first-order valence-corrected chi connectivity index (χ1v) is 11.3. The van der Waals surface area contributed by atoms with E-state index in [4.69, 9.17) is 14.6 Å². The molecule has 0 bridgehead atoms. The summed E-state index contributed by atoms with van der Waals surface area (Å²) < 4.78 is 37.7. The molecule has 1 N–H and O–H groups in total. The van der Waals surface area contributed by atoms with Crippen molar-refractivity contribution in [3.8, 4) is 0 Å². The molecule has 1 spiro atoms. The first-order valence-electron chi connectivity index (χ1n) is 10.4. The predicted octanol–water partition coefficient (Wildman–Crippen LogP) is 3.13. The van der Waals surface area contributed by atoms with E-state index in [2.05, 4.69) is 16.9 Å². The average Bonchev–Trinajstić information content (AvgIpc) is 3.26. The second kappa shape index (κ2) is 9.83. The lowest BCUT2D eigenvalue weighted by Crippen LogP contribution is -2.44. The summed E-state index contributed by atoms with van der Waals surface area (Å²) in [6, 6.07) is 0.546. The van der Waals surface area contributed by atoms with Crippen molar-refractivity contribution in [2.75, 3.05) is 39.9 Å². The van der Waals surface area contributed by atoms with Gasteiger partial charge in [-0.1, -0.05) is 0 Å². The summed E-state index contributed by atoms with van der Waals surface area (Å²) in [5.41, 5.74) is 2.71. The lowest BCUT2D eigenvalue weighted by atomic mass is 9.76. The molecule has 1 amide bonds. The standard InChI is InChI=1S/C18H27N3O2S.C2HF3O2/c1-20-12-18(8-15(20)10-23-9-14-2-3-14)4-6-21(7-5-18)17(22)16-11-24-13-19-16;3-2(4,5)1(6)7/h11,13-15H,2-10,12H2,1H3;(H,6,7). The van der Waals surface area contributed by atoms with Crippen LogP contribution in [0.2, 0.25) is 0 Å². The van der Waals surface area contributed by atoms with Gasteiger partial charge in [0.2, 0.25) is 0 Å². The van der Waals surface area contributed by atoms with Crippen molar-refractivity contribution >= 4 is 23.2 Å². The summed E-state index contributed by atoms with van der Waals surface area (Å²) in [6.45, 7) is 4.69. The molecule has 1 aromatic rings. The van der Waals surface area contributed by atoms with E-state index in [-0.39, 0.29) is 5.91 Å². The van der Waals surface area contributed by atoms with Crippen LogP contribution in [0.25, 0.3) is 0 Å². The first kappa shape index (κ1) is 23.9. The zero-order valence-electron chi connectivity index (χ0n) is 17.4. The molecular weight excluding hydrogens is 435 g/mol. The maximum absolute atomic E-state index is 12.4. The number of nitrogens with zero attached hydrogens (tertiary/aromatic N) is 3. The van der Waals surface area contributed by atoms with Gasteiger partial charge in [-0.25, -0.2) is 9.78 Å². The van der Waals surface area contributed by atoms with Gasteiger partial charge in [-0.3, -0.25) is 4.79 Å². The fourth-order valence-electron chi connectivity index (χ4n) is 4.25. The fraction of sp³-hybridized carbons (Fsp3) is 0.750. The average molecular weight is 464 g/mol. The molecule has 3 heterocycles. The Bertz CT molecular complexity index is 747. The minimum atomic E-state index is -5.08. The number of hydrogen-bond donors (Lipinski definition) is 1. The summed E-state index contributed by atoms with van der Waals surface area (Å²) in [4.78, 5) is 30.0. The van der Waals surface area contributed by atoms with E-state index >= 15 is 0 Å². The van der Waals surface area contributed by atoms with Gasteiger partial charge in [0.1, 0.15) is 5.69 Å². The highest BCUT2D eigenvalue weighted by Gasteiger charge is 2.45. The zero-order chi connectivity index (χ0) is 22.6. The number of thiazole rings is 1. The Morgan fingerprint density at radius 1 is 1.29 bits per heavy atom. The van der Waals surface area contributed by atoms with Crippen LogP contribution in [0.5, 0.6) is 0 Å². The number of carboxylic acid groups (broad SMARTS) is 1. The van der Waals surface area contributed by atoms with Gasteiger partial charge in [0.15, 0.2) is 0 Å². The van der Waals surface area contributed by atoms with Gasteiger partial charge in [-0.15, -0.1) is 11.3 Å². The summed E-state index contributed by atoms with van der Waals surface area (Å²) in [7, 11) is 2.23. The minimum absolute atomic E-state index is 0.0989. The number of carbonyl (C=O) groups is 2. The van der Waals surface area contributed by atoms with Crippen LogP contribution in [-0.4, -0.2) is 83.9 Å². The lowest BCUT2D eigenvalue weighted by Gasteiger charge is -2.39. The smallest absolute Gasteiger partial charge is 0.475 e. The van der Waals surface area contributed by atoms with Gasteiger partial charge in [0.25, 0.3) is 5.91 Å². The number of carbonyl (C=O) groups excluding carboxylic acids is 1. The summed E-state index contributed by atoms with van der Waals surface area (Å²) >= 11 is 1.49. The molecule has 0 aromatic carbocycles. The number of piperidine rings is 1. The molecule has 31 heavy (non-hydrogen) atoms. The van der Waals surface area contributed by atoms with Crippen LogP contribution in [0.15, 0.2) is 10.9 Å². The second-order valence-corrected chi connectivity index (χ2v) is 9.44. The Morgan fingerprint density at radius 3 is 2.45 bits per heavy atom. The van der Waals surface area contributed by atoms with E-state index in [0.717, 1.165) is 51.6 Å². The van der Waals surface area contributed by atoms with Crippen LogP contribution in [0.3, 0.4) is 0 Å². The van der Waals surface area contributed by atoms with Crippen molar-refractivity contribution in [3.63, 3.8) is 0 Å². The Hall–Kier alpha value is -1.72. The van der Waals surface area contributed by atoms with Gasteiger partial charge in [0, 0.05) is 37.7 Å². The number of amides is 1. The SMILES string of the molecule is CN1CC2(CCN(C(=O)c3cscn3)CC2)CC1COCC1CC1.O=C(O)C(F)(F)F. The molecule has 3 fully saturated rings. The van der Waals surface area contributed by atoms with Gasteiger partial charge < -0.3 is 19.6 Å². The van der Waals surface area contributed by atoms with E-state index in [1.165, 1.54) is 30.6 Å². The van der Waals surface area contributed by atoms with Crippen molar-refractivity contribution in [1.82, 2.24) is 14.8 Å². The highest BCUT2D eigenvalue weighted by molar-refractivity contribution is 7.07. The number of carboxylic acids is 1. The quantitative estimate of drug-likeness (QED) is 0.723. The molecule has 4 rings (SSSR count). The fourth-order valence-corrected chi connectivity index (χ4v) is 4.77. The van der Waals surface area contributed by atoms with Crippen LogP contribution < -0.4 is 0 Å². The maximum Gasteiger partial charge on any atom is 0.490 e. The molecule has 1 atom stereocenters. The van der Waals surface area contributed by atoms with Crippen molar-refractivity contribution in [3.05, 3.63) is 16.6 Å². The molecule has 2 saturated heterocycles. The molecular formula is C20H28F3N3O4S. The number of aromatic nitrogens is 1. The molecule has 11 heteroatoms. The minimum Gasteiger partial charge on any atom is -0.475 e. The van der Waals surface area contributed by atoms with Crippen LogP contribution in [-0.2, 0) is 9.53 Å². The Kier molecular flexibility index (Phi) is 7.59. The van der Waals surface area contributed by atoms with Crippen LogP contribution >= 0.6 is 11.3 Å². The van der Waals surface area contributed by atoms with Crippen LogP contribution in [0.4, 0.5) is 13.2 Å². The number of rotatable bonds is 5. The molecule has 1 aliphatic carbocycles. The van der Waals surface area contributed by atoms with E-state index in [0.29, 0.717) is 17.2 Å². The Balaban J connectivity index is 0.000000339. The number of aliphatic carboxylic acids is 1. The Labute approximate surface area is 183 Å². The maximum atomic E-state index is 12.4. The molecule has 0 radical (unpaired) electrons. The van der Waals surface area contributed by atoms with Crippen molar-refractivity contribution < 1.29 is 32.6 Å². The summed E-state index contributed by atoms with van der Waals surface area (Å²) in [5.74, 6) is -1.82. The number of likely N-dealkylation sites (tertiary alicyclic amines) is 2. The van der Waals surface area contributed by atoms with Gasteiger partial charge in [-0.05, 0) is 50.5 Å². The topological polar surface area (TPSA) is 83.0 Å². The highest BCUT2D eigenvalue weighted by atomic mass is 32.1. The van der Waals surface area contributed by atoms with Crippen molar-refractivity contribution in [2.24, 2.45) is 11.3 Å². The normalized spacial score (nSPS) is 23.5. The van der Waals surface area contributed by atoms with Gasteiger partial charge in [0.05, 0.1) is 12.1 Å². The van der Waals surface area contributed by atoms with Gasteiger partial charge in [-0.2, -0.15) is 13.2 Å². The predicted molar refractivity (Wildman–Crippen MR) is 108 cm³/mol. The second-order valence-electron chi connectivity index (χ2n) is 8.72. The monoisotopic (exact) mass is 463 g/mol. The Morgan fingerprint density at radius 2 is 1.94 bits per heavy atom. The van der Waals surface area contributed by atoms with Crippen LogP contribution in [0, 0.1) is 11.3 Å². The largest absolute Gasteiger partial charge is 0.490 e. The van der Waals surface area contributed by atoms with E-state index in [1.807, 2.05) is 10.3 Å². The number of halogens is 3.